The van der Waals surface area contributed by atoms with Crippen molar-refractivity contribution in [3.63, 3.8) is 0 Å². The normalized spacial score (nSPS) is 13.4. The molecule has 0 unspecified atom stereocenters. The third-order valence-electron chi connectivity index (χ3n) is 5.48. The van der Waals surface area contributed by atoms with Crippen LogP contribution in [0.4, 0.5) is 17.3 Å². The number of nitriles is 1. The van der Waals surface area contributed by atoms with E-state index in [4.69, 9.17) is 26.3 Å². The molecule has 4 rings (SSSR count). The molecule has 0 aliphatic heterocycles. The van der Waals surface area contributed by atoms with Gasteiger partial charge in [0.2, 0.25) is 5.91 Å². The van der Waals surface area contributed by atoms with Crippen molar-refractivity contribution >= 4 is 40.9 Å². The highest BCUT2D eigenvalue weighted by atomic mass is 35.5. The van der Waals surface area contributed by atoms with Gasteiger partial charge in [-0.3, -0.25) is 4.79 Å². The van der Waals surface area contributed by atoms with Gasteiger partial charge in [-0.2, -0.15) is 5.26 Å². The highest BCUT2D eigenvalue weighted by Gasteiger charge is 2.20. The van der Waals surface area contributed by atoms with E-state index in [1.165, 1.54) is 18.5 Å². The number of amides is 1. The quantitative estimate of drug-likeness (QED) is 0.389. The van der Waals surface area contributed by atoms with Crippen LogP contribution in [0.2, 0.25) is 5.02 Å². The monoisotopic (exact) mass is 489 g/mol. The lowest BCUT2D eigenvalue weighted by atomic mass is 10.1. The summed E-state index contributed by atoms with van der Waals surface area (Å²) in [6.45, 7) is 0. The lowest BCUT2D eigenvalue weighted by molar-refractivity contribution is -0.111. The van der Waals surface area contributed by atoms with Crippen molar-refractivity contribution in [1.29, 1.82) is 5.26 Å². The first-order chi connectivity index (χ1) is 17.1. The molecule has 1 fully saturated rings. The molecule has 0 bridgehead atoms. The van der Waals surface area contributed by atoms with E-state index in [0.717, 1.165) is 31.2 Å². The maximum Gasteiger partial charge on any atom is 0.248 e. The molecule has 2 aromatic heterocycles. The maximum atomic E-state index is 12.8. The van der Waals surface area contributed by atoms with Gasteiger partial charge >= 0.3 is 0 Å². The van der Waals surface area contributed by atoms with Gasteiger partial charge in [0.05, 0.1) is 29.5 Å². The van der Waals surface area contributed by atoms with Gasteiger partial charge in [0.1, 0.15) is 11.9 Å². The second-order valence-electron chi connectivity index (χ2n) is 7.94. The molecule has 1 saturated carbocycles. The summed E-state index contributed by atoms with van der Waals surface area (Å²) in [5.41, 5.74) is 1.56. The highest BCUT2D eigenvalue weighted by Crippen LogP contribution is 2.35. The lowest BCUT2D eigenvalue weighted by Gasteiger charge is -2.18. The fourth-order valence-electron chi connectivity index (χ4n) is 3.75. The molecule has 1 aliphatic carbocycles. The number of pyridine rings is 2. The average Bonchev–Trinajstić information content (AvgIpc) is 3.38. The number of nitrogens with one attached hydrogen (secondary N) is 2. The number of aromatic nitrogens is 2. The van der Waals surface area contributed by atoms with Crippen LogP contribution < -0.4 is 20.1 Å². The molecule has 2 N–H and O–H groups in total. The van der Waals surface area contributed by atoms with Crippen molar-refractivity contribution in [2.45, 2.75) is 31.8 Å². The molecule has 35 heavy (non-hydrogen) atoms. The minimum absolute atomic E-state index is 0.147. The summed E-state index contributed by atoms with van der Waals surface area (Å²) in [5.74, 6) is 1.71. The van der Waals surface area contributed by atoms with Crippen LogP contribution in [0.1, 0.15) is 36.8 Å². The molecule has 3 aromatic rings. The van der Waals surface area contributed by atoms with Gasteiger partial charge in [0, 0.05) is 24.0 Å². The molecule has 8 nitrogen and oxygen atoms in total. The number of rotatable bonds is 8. The molecule has 2 heterocycles. The van der Waals surface area contributed by atoms with Gasteiger partial charge in [0.15, 0.2) is 17.3 Å². The molecular formula is C26H24ClN5O3. The summed E-state index contributed by atoms with van der Waals surface area (Å²) in [6.07, 6.45) is 10.5. The Bertz CT molecular complexity index is 1260. The van der Waals surface area contributed by atoms with E-state index < -0.39 is 0 Å². The topological polar surface area (TPSA) is 109 Å². The summed E-state index contributed by atoms with van der Waals surface area (Å²) >= 11 is 6.11. The van der Waals surface area contributed by atoms with E-state index in [9.17, 15) is 4.79 Å². The van der Waals surface area contributed by atoms with Crippen molar-refractivity contribution in [1.82, 2.24) is 9.97 Å². The number of methoxy groups -OCH3 is 1. The van der Waals surface area contributed by atoms with Crippen molar-refractivity contribution in [3.8, 4) is 17.6 Å². The lowest BCUT2D eigenvalue weighted by Crippen LogP contribution is -2.13. The third kappa shape index (κ3) is 6.28. The SMILES string of the molecule is COc1cccc(/C=C/C(=O)Nc2cc(Cl)cnc2Nc2ccc(C#N)cn2)c1OC1CCCC1. The van der Waals surface area contributed by atoms with E-state index in [0.29, 0.717) is 39.4 Å². The molecule has 1 aromatic carbocycles. The number of ether oxygens (including phenoxy) is 2. The fourth-order valence-corrected chi connectivity index (χ4v) is 3.91. The largest absolute Gasteiger partial charge is 0.493 e. The number of anilines is 3. The van der Waals surface area contributed by atoms with E-state index in [1.807, 2.05) is 24.3 Å². The molecule has 0 radical (unpaired) electrons. The van der Waals surface area contributed by atoms with Gasteiger partial charge in [-0.05, 0) is 56.0 Å². The minimum atomic E-state index is -0.375. The predicted octanol–water partition coefficient (Wildman–Crippen LogP) is 5.73. The van der Waals surface area contributed by atoms with Gasteiger partial charge in [-0.25, -0.2) is 9.97 Å². The maximum absolute atomic E-state index is 12.8. The number of hydrogen-bond acceptors (Lipinski definition) is 7. The first kappa shape index (κ1) is 24.0. The summed E-state index contributed by atoms with van der Waals surface area (Å²) in [7, 11) is 1.60. The van der Waals surface area contributed by atoms with Gasteiger partial charge < -0.3 is 20.1 Å². The Morgan fingerprint density at radius 2 is 2.03 bits per heavy atom. The van der Waals surface area contributed by atoms with E-state index in [2.05, 4.69) is 20.6 Å². The van der Waals surface area contributed by atoms with Crippen LogP contribution in [0.3, 0.4) is 0 Å². The Labute approximate surface area is 208 Å². The van der Waals surface area contributed by atoms with E-state index in [-0.39, 0.29) is 12.0 Å². The van der Waals surface area contributed by atoms with Gasteiger partial charge in [-0.15, -0.1) is 0 Å². The summed E-state index contributed by atoms with van der Waals surface area (Å²) in [6, 6.07) is 12.5. The molecular weight excluding hydrogens is 466 g/mol. The summed E-state index contributed by atoms with van der Waals surface area (Å²) < 4.78 is 11.7. The van der Waals surface area contributed by atoms with E-state index in [1.54, 1.807) is 31.4 Å². The molecule has 1 amide bonds. The second-order valence-corrected chi connectivity index (χ2v) is 8.38. The second kappa shape index (κ2) is 11.4. The van der Waals surface area contributed by atoms with Crippen molar-refractivity contribution in [2.75, 3.05) is 17.7 Å². The minimum Gasteiger partial charge on any atom is -0.493 e. The first-order valence-electron chi connectivity index (χ1n) is 11.2. The van der Waals surface area contributed by atoms with Crippen LogP contribution in [0, 0.1) is 11.3 Å². The first-order valence-corrected chi connectivity index (χ1v) is 11.5. The fraction of sp³-hybridized carbons (Fsp3) is 0.231. The van der Waals surface area contributed by atoms with Crippen LogP contribution in [0.5, 0.6) is 11.5 Å². The average molecular weight is 490 g/mol. The predicted molar refractivity (Wildman–Crippen MR) is 135 cm³/mol. The number of carbonyl (C=O) groups excluding carboxylic acids is 1. The van der Waals surface area contributed by atoms with Crippen LogP contribution in [0.15, 0.2) is 54.9 Å². The molecule has 178 valence electrons. The highest BCUT2D eigenvalue weighted by molar-refractivity contribution is 6.31. The summed E-state index contributed by atoms with van der Waals surface area (Å²) in [4.78, 5) is 21.2. The van der Waals surface area contributed by atoms with E-state index >= 15 is 0 Å². The molecule has 0 saturated heterocycles. The van der Waals surface area contributed by atoms with Gasteiger partial charge in [0.25, 0.3) is 0 Å². The van der Waals surface area contributed by atoms with Crippen molar-refractivity contribution in [2.24, 2.45) is 0 Å². The number of carbonyl (C=O) groups is 1. The standard InChI is InChI=1S/C26H24ClN5O3/c1-34-22-8-4-5-18(25(22)35-20-6-2-3-7-20)10-12-24(33)31-21-13-19(27)16-30-26(21)32-23-11-9-17(14-28)15-29-23/h4-5,8-13,15-16,20H,2-3,6-7H2,1H3,(H,31,33)(H,29,30,32)/b12-10+. The zero-order chi connectivity index (χ0) is 24.6. The molecule has 9 heteroatoms. The van der Waals surface area contributed by atoms with Crippen molar-refractivity contribution in [3.05, 3.63) is 71.0 Å². The van der Waals surface area contributed by atoms with Crippen LogP contribution >= 0.6 is 11.6 Å². The zero-order valence-corrected chi connectivity index (χ0v) is 19.9. The Kier molecular flexibility index (Phi) is 7.81. The number of halogens is 1. The number of para-hydroxylation sites is 1. The van der Waals surface area contributed by atoms with Crippen molar-refractivity contribution < 1.29 is 14.3 Å². The number of nitrogens with zero attached hydrogens (tertiary/aromatic N) is 3. The Balaban J connectivity index is 1.51. The Hall–Kier alpha value is -4.09. The number of benzene rings is 1. The van der Waals surface area contributed by atoms with Crippen LogP contribution in [-0.2, 0) is 4.79 Å². The number of hydrogen-bond donors (Lipinski definition) is 2. The van der Waals surface area contributed by atoms with Gasteiger partial charge in [-0.1, -0.05) is 23.7 Å². The molecule has 0 atom stereocenters. The molecule has 1 aliphatic rings. The smallest absolute Gasteiger partial charge is 0.248 e. The zero-order valence-electron chi connectivity index (χ0n) is 19.1. The Morgan fingerprint density at radius 3 is 2.74 bits per heavy atom. The van der Waals surface area contributed by atoms with Crippen LogP contribution in [-0.4, -0.2) is 29.1 Å². The Morgan fingerprint density at radius 1 is 1.20 bits per heavy atom. The third-order valence-corrected chi connectivity index (χ3v) is 5.69. The van der Waals surface area contributed by atoms with Crippen LogP contribution in [0.25, 0.3) is 6.08 Å². The summed E-state index contributed by atoms with van der Waals surface area (Å²) in [5, 5.41) is 15.1. The molecule has 0 spiro atoms.